The Balaban J connectivity index is 2.05. The van der Waals surface area contributed by atoms with Crippen LogP contribution in [0.4, 0.5) is 5.82 Å². The van der Waals surface area contributed by atoms with E-state index in [-0.39, 0.29) is 5.56 Å². The summed E-state index contributed by atoms with van der Waals surface area (Å²) in [7, 11) is 0. The van der Waals surface area contributed by atoms with Crippen molar-refractivity contribution in [2.45, 2.75) is 25.8 Å². The second-order valence-corrected chi connectivity index (χ2v) is 5.58. The summed E-state index contributed by atoms with van der Waals surface area (Å²) in [6.07, 6.45) is 3.97. The first kappa shape index (κ1) is 14.3. The molecule has 0 aromatic carbocycles. The number of likely N-dealkylation sites (N-methyl/N-ethyl adjacent to an activating group) is 1. The van der Waals surface area contributed by atoms with E-state index >= 15 is 0 Å². The van der Waals surface area contributed by atoms with E-state index in [1.807, 2.05) is 0 Å². The molecule has 104 valence electrons. The number of aromatic carboxylic acids is 1. The van der Waals surface area contributed by atoms with Crippen molar-refractivity contribution in [3.05, 3.63) is 22.3 Å². The Bertz CT molecular complexity index is 467. The molecule has 6 heteroatoms. The topological polar surface area (TPSA) is 65.5 Å². The number of aromatic nitrogens is 1. The van der Waals surface area contributed by atoms with E-state index in [0.29, 0.717) is 16.3 Å². The first-order valence-electron chi connectivity index (χ1n) is 6.48. The van der Waals surface area contributed by atoms with Crippen LogP contribution in [0.5, 0.6) is 0 Å². The highest BCUT2D eigenvalue weighted by Crippen LogP contribution is 2.20. The molecule has 0 bridgehead atoms. The van der Waals surface area contributed by atoms with Gasteiger partial charge in [0.15, 0.2) is 0 Å². The molecule has 0 spiro atoms. The summed E-state index contributed by atoms with van der Waals surface area (Å²) >= 11 is 3.24. The number of hydrogen-bond acceptors (Lipinski definition) is 4. The molecule has 1 saturated heterocycles. The van der Waals surface area contributed by atoms with Crippen molar-refractivity contribution in [3.8, 4) is 0 Å². The predicted octanol–water partition coefficient (Wildman–Crippen LogP) is 2.44. The van der Waals surface area contributed by atoms with Gasteiger partial charge in [-0.2, -0.15) is 0 Å². The molecular weight excluding hydrogens is 310 g/mol. The summed E-state index contributed by atoms with van der Waals surface area (Å²) in [4.78, 5) is 17.7. The minimum Gasteiger partial charge on any atom is -0.478 e. The van der Waals surface area contributed by atoms with Crippen LogP contribution >= 0.6 is 15.9 Å². The van der Waals surface area contributed by atoms with Crippen LogP contribution in [0.25, 0.3) is 0 Å². The lowest BCUT2D eigenvalue weighted by Crippen LogP contribution is -2.35. The third kappa shape index (κ3) is 3.45. The van der Waals surface area contributed by atoms with Gasteiger partial charge in [0.05, 0.1) is 0 Å². The molecule has 2 rings (SSSR count). The van der Waals surface area contributed by atoms with Gasteiger partial charge in [-0.05, 0) is 47.9 Å². The first-order chi connectivity index (χ1) is 9.11. The molecule has 1 unspecified atom stereocenters. The average Bonchev–Trinajstić information content (AvgIpc) is 2.84. The number of halogens is 1. The van der Waals surface area contributed by atoms with Gasteiger partial charge in [0.25, 0.3) is 0 Å². The van der Waals surface area contributed by atoms with E-state index in [1.165, 1.54) is 6.42 Å². The van der Waals surface area contributed by atoms with Crippen molar-refractivity contribution >= 4 is 27.7 Å². The van der Waals surface area contributed by atoms with Gasteiger partial charge in [-0.25, -0.2) is 9.78 Å². The minimum absolute atomic E-state index is 0.204. The zero-order valence-corrected chi connectivity index (χ0v) is 12.5. The van der Waals surface area contributed by atoms with Crippen LogP contribution in [-0.4, -0.2) is 46.6 Å². The molecule has 1 aromatic heterocycles. The third-order valence-electron chi connectivity index (χ3n) is 3.50. The molecule has 0 saturated carbocycles. The lowest BCUT2D eigenvalue weighted by atomic mass is 10.2. The van der Waals surface area contributed by atoms with E-state index in [1.54, 1.807) is 12.3 Å². The van der Waals surface area contributed by atoms with Crippen LogP contribution in [0.3, 0.4) is 0 Å². The molecule has 19 heavy (non-hydrogen) atoms. The van der Waals surface area contributed by atoms with Gasteiger partial charge in [-0.15, -0.1) is 0 Å². The fraction of sp³-hybridized carbons (Fsp3) is 0.538. The molecule has 2 heterocycles. The Morgan fingerprint density at radius 2 is 2.47 bits per heavy atom. The summed E-state index contributed by atoms with van der Waals surface area (Å²) in [5, 5.41) is 12.3. The molecule has 1 fully saturated rings. The van der Waals surface area contributed by atoms with E-state index in [0.717, 1.165) is 26.1 Å². The second-order valence-electron chi connectivity index (χ2n) is 4.66. The predicted molar refractivity (Wildman–Crippen MR) is 77.7 cm³/mol. The van der Waals surface area contributed by atoms with Gasteiger partial charge < -0.3 is 10.4 Å². The van der Waals surface area contributed by atoms with Crippen LogP contribution in [0.2, 0.25) is 0 Å². The second kappa shape index (κ2) is 6.34. The number of nitrogens with one attached hydrogen (secondary N) is 1. The standard InChI is InChI=1S/C13H18BrN3O2/c1-2-17-5-3-4-10(17)8-16-12-11(13(18)19)6-9(14)7-15-12/h6-7,10H,2-5,8H2,1H3,(H,15,16)(H,18,19). The maximum atomic E-state index is 11.2. The summed E-state index contributed by atoms with van der Waals surface area (Å²) < 4.78 is 0.673. The number of pyridine rings is 1. The molecule has 2 N–H and O–H groups in total. The fourth-order valence-corrected chi connectivity index (χ4v) is 2.83. The lowest BCUT2D eigenvalue weighted by Gasteiger charge is -2.23. The zero-order chi connectivity index (χ0) is 13.8. The van der Waals surface area contributed by atoms with Gasteiger partial charge in [0.1, 0.15) is 11.4 Å². The van der Waals surface area contributed by atoms with Gasteiger partial charge in [0, 0.05) is 23.3 Å². The Morgan fingerprint density at radius 1 is 1.68 bits per heavy atom. The quantitative estimate of drug-likeness (QED) is 0.869. The Labute approximate surface area is 121 Å². The van der Waals surface area contributed by atoms with E-state index < -0.39 is 5.97 Å². The van der Waals surface area contributed by atoms with Crippen LogP contribution < -0.4 is 5.32 Å². The van der Waals surface area contributed by atoms with Gasteiger partial charge in [0.2, 0.25) is 0 Å². The van der Waals surface area contributed by atoms with Crippen molar-refractivity contribution in [1.82, 2.24) is 9.88 Å². The summed E-state index contributed by atoms with van der Waals surface area (Å²) in [6.45, 7) is 5.05. The molecule has 0 radical (unpaired) electrons. The molecular formula is C13H18BrN3O2. The van der Waals surface area contributed by atoms with E-state index in [2.05, 4.69) is 38.1 Å². The van der Waals surface area contributed by atoms with Gasteiger partial charge in [-0.3, -0.25) is 4.90 Å². The number of anilines is 1. The highest BCUT2D eigenvalue weighted by Gasteiger charge is 2.23. The Kier molecular flexibility index (Phi) is 4.76. The molecule has 5 nitrogen and oxygen atoms in total. The van der Waals surface area contributed by atoms with Gasteiger partial charge in [-0.1, -0.05) is 6.92 Å². The van der Waals surface area contributed by atoms with E-state index in [9.17, 15) is 4.79 Å². The Hall–Kier alpha value is -1.14. The largest absolute Gasteiger partial charge is 0.478 e. The number of hydrogen-bond donors (Lipinski definition) is 2. The zero-order valence-electron chi connectivity index (χ0n) is 10.9. The number of carboxylic acids is 1. The average molecular weight is 328 g/mol. The molecule has 1 aliphatic rings. The Morgan fingerprint density at radius 3 is 3.16 bits per heavy atom. The molecule has 0 aliphatic carbocycles. The summed E-state index contributed by atoms with van der Waals surface area (Å²) in [5.74, 6) is -0.520. The SMILES string of the molecule is CCN1CCCC1CNc1ncc(Br)cc1C(=O)O. The molecule has 0 amide bonds. The number of likely N-dealkylation sites (tertiary alicyclic amines) is 1. The maximum Gasteiger partial charge on any atom is 0.339 e. The summed E-state index contributed by atoms with van der Waals surface area (Å²) in [5.41, 5.74) is 0.204. The van der Waals surface area contributed by atoms with E-state index in [4.69, 9.17) is 5.11 Å². The van der Waals surface area contributed by atoms with Crippen LogP contribution in [-0.2, 0) is 0 Å². The van der Waals surface area contributed by atoms with Crippen molar-refractivity contribution in [2.75, 3.05) is 25.0 Å². The van der Waals surface area contributed by atoms with Crippen LogP contribution in [0.1, 0.15) is 30.1 Å². The molecule has 1 aromatic rings. The van der Waals surface area contributed by atoms with Crippen LogP contribution in [0, 0.1) is 0 Å². The van der Waals surface area contributed by atoms with Crippen molar-refractivity contribution in [2.24, 2.45) is 0 Å². The third-order valence-corrected chi connectivity index (χ3v) is 3.93. The highest BCUT2D eigenvalue weighted by atomic mass is 79.9. The fourth-order valence-electron chi connectivity index (χ4n) is 2.50. The van der Waals surface area contributed by atoms with Crippen molar-refractivity contribution in [3.63, 3.8) is 0 Å². The molecule has 1 aliphatic heterocycles. The first-order valence-corrected chi connectivity index (χ1v) is 7.28. The highest BCUT2D eigenvalue weighted by molar-refractivity contribution is 9.10. The minimum atomic E-state index is -0.963. The number of nitrogens with zero attached hydrogens (tertiary/aromatic N) is 2. The van der Waals surface area contributed by atoms with Crippen molar-refractivity contribution < 1.29 is 9.90 Å². The number of carbonyl (C=O) groups is 1. The molecule has 1 atom stereocenters. The summed E-state index contributed by atoms with van der Waals surface area (Å²) in [6, 6.07) is 2.04. The lowest BCUT2D eigenvalue weighted by molar-refractivity contribution is 0.0697. The maximum absolute atomic E-state index is 11.2. The van der Waals surface area contributed by atoms with Crippen molar-refractivity contribution in [1.29, 1.82) is 0 Å². The monoisotopic (exact) mass is 327 g/mol. The smallest absolute Gasteiger partial charge is 0.339 e. The normalized spacial score (nSPS) is 19.6. The van der Waals surface area contributed by atoms with Crippen LogP contribution in [0.15, 0.2) is 16.7 Å². The number of carboxylic acid groups (broad SMARTS) is 1. The van der Waals surface area contributed by atoms with Gasteiger partial charge >= 0.3 is 5.97 Å². The number of rotatable bonds is 5.